The summed E-state index contributed by atoms with van der Waals surface area (Å²) in [7, 11) is 0. The van der Waals surface area contributed by atoms with Crippen molar-refractivity contribution in [2.45, 2.75) is 18.8 Å². The lowest BCUT2D eigenvalue weighted by Gasteiger charge is -2.19. The molecule has 2 rings (SSSR count). The second-order valence-electron chi connectivity index (χ2n) is 3.83. The number of benzene rings is 1. The van der Waals surface area contributed by atoms with Crippen LogP contribution in [0.2, 0.25) is 0 Å². The van der Waals surface area contributed by atoms with Crippen molar-refractivity contribution in [2.75, 3.05) is 0 Å². The Morgan fingerprint density at radius 3 is 2.25 bits per heavy atom. The molecule has 0 aromatic heterocycles. The molecule has 0 spiro atoms. The van der Waals surface area contributed by atoms with Crippen LogP contribution in [-0.4, -0.2) is 16.8 Å². The number of hydrogen-bond acceptors (Lipinski definition) is 2. The molecule has 1 aromatic rings. The van der Waals surface area contributed by atoms with Crippen molar-refractivity contribution in [1.82, 2.24) is 0 Å². The van der Waals surface area contributed by atoms with Crippen LogP contribution in [0.25, 0.3) is 0 Å². The number of aliphatic hydroxyl groups is 1. The van der Waals surface area contributed by atoms with E-state index in [0.29, 0.717) is 5.56 Å². The number of aliphatic hydroxyl groups excluding tert-OH is 1. The van der Waals surface area contributed by atoms with Gasteiger partial charge in [-0.15, -0.1) is 0 Å². The monoisotopic (exact) mass is 224 g/mol. The van der Waals surface area contributed by atoms with Crippen molar-refractivity contribution < 1.29 is 18.7 Å². The highest BCUT2D eigenvalue weighted by molar-refractivity contribution is 6.03. The first-order chi connectivity index (χ1) is 7.46. The van der Waals surface area contributed by atoms with E-state index in [0.717, 1.165) is 0 Å². The summed E-state index contributed by atoms with van der Waals surface area (Å²) in [6.45, 7) is 1.35. The predicted octanol–water partition coefficient (Wildman–Crippen LogP) is 2.82. The number of Topliss-reactive ketones (excluding diaryl/α,β-unsaturated/α-hetero) is 1. The molecule has 0 fully saturated rings. The van der Waals surface area contributed by atoms with Crippen LogP contribution in [0.1, 0.15) is 18.4 Å². The zero-order valence-electron chi connectivity index (χ0n) is 8.58. The van der Waals surface area contributed by atoms with E-state index in [1.807, 2.05) is 0 Å². The molecule has 2 nitrogen and oxygen atoms in total. The van der Waals surface area contributed by atoms with Crippen molar-refractivity contribution in [3.63, 3.8) is 0 Å². The Bertz CT molecular complexity index is 463. The first-order valence-electron chi connectivity index (χ1n) is 4.83. The molecule has 0 heterocycles. The van der Waals surface area contributed by atoms with Crippen molar-refractivity contribution in [3.8, 4) is 0 Å². The van der Waals surface area contributed by atoms with Crippen LogP contribution < -0.4 is 0 Å². The number of halogens is 2. The van der Waals surface area contributed by atoms with Gasteiger partial charge >= 0.3 is 5.92 Å². The second-order valence-corrected chi connectivity index (χ2v) is 3.83. The number of rotatable bonds is 1. The van der Waals surface area contributed by atoms with Gasteiger partial charge in [0.1, 0.15) is 0 Å². The summed E-state index contributed by atoms with van der Waals surface area (Å²) in [6.07, 6.45) is 0. The number of hydrogen-bond donors (Lipinski definition) is 1. The highest BCUT2D eigenvalue weighted by Crippen LogP contribution is 2.46. The van der Waals surface area contributed by atoms with Crippen LogP contribution in [-0.2, 0) is 4.79 Å². The van der Waals surface area contributed by atoms with Gasteiger partial charge in [0.2, 0.25) is 0 Å². The van der Waals surface area contributed by atoms with Gasteiger partial charge in [-0.1, -0.05) is 30.3 Å². The number of allylic oxidation sites excluding steroid dienone is 2. The summed E-state index contributed by atoms with van der Waals surface area (Å²) in [5.74, 6) is -7.19. The highest BCUT2D eigenvalue weighted by atomic mass is 19.3. The molecule has 1 N–H and O–H groups in total. The molecule has 1 atom stereocenters. The third kappa shape index (κ3) is 1.33. The van der Waals surface area contributed by atoms with Gasteiger partial charge in [0.15, 0.2) is 5.76 Å². The summed E-state index contributed by atoms with van der Waals surface area (Å²) in [6, 6.07) is 8.00. The quantitative estimate of drug-likeness (QED) is 0.796. The summed E-state index contributed by atoms with van der Waals surface area (Å²) in [5.41, 5.74) is 0.364. The first-order valence-corrected chi connectivity index (χ1v) is 4.83. The molecule has 0 radical (unpaired) electrons. The van der Waals surface area contributed by atoms with E-state index in [1.54, 1.807) is 18.2 Å². The summed E-state index contributed by atoms with van der Waals surface area (Å²) >= 11 is 0. The fourth-order valence-electron chi connectivity index (χ4n) is 1.98. The molecule has 16 heavy (non-hydrogen) atoms. The van der Waals surface area contributed by atoms with Crippen LogP contribution in [0.5, 0.6) is 0 Å². The van der Waals surface area contributed by atoms with Gasteiger partial charge in [0.05, 0.1) is 5.92 Å². The van der Waals surface area contributed by atoms with Gasteiger partial charge in [-0.2, -0.15) is 8.78 Å². The molecule has 84 valence electrons. The fourth-order valence-corrected chi connectivity index (χ4v) is 1.98. The number of carbonyl (C=O) groups excluding carboxylic acids is 1. The van der Waals surface area contributed by atoms with Crippen molar-refractivity contribution in [2.24, 2.45) is 0 Å². The van der Waals surface area contributed by atoms with Gasteiger partial charge in [0.25, 0.3) is 5.78 Å². The van der Waals surface area contributed by atoms with Crippen molar-refractivity contribution >= 4 is 5.78 Å². The minimum atomic E-state index is -3.55. The molecular weight excluding hydrogens is 214 g/mol. The molecule has 0 bridgehead atoms. The Labute approximate surface area is 91.2 Å². The lowest BCUT2D eigenvalue weighted by molar-refractivity contribution is -0.140. The van der Waals surface area contributed by atoms with Gasteiger partial charge in [0, 0.05) is 0 Å². The van der Waals surface area contributed by atoms with E-state index >= 15 is 0 Å². The molecule has 1 aliphatic carbocycles. The average molecular weight is 224 g/mol. The Balaban J connectivity index is 2.54. The van der Waals surface area contributed by atoms with E-state index in [-0.39, 0.29) is 5.57 Å². The maximum absolute atomic E-state index is 13.6. The molecule has 1 aliphatic rings. The highest BCUT2D eigenvalue weighted by Gasteiger charge is 2.56. The average Bonchev–Trinajstić information content (AvgIpc) is 2.41. The van der Waals surface area contributed by atoms with Gasteiger partial charge in [-0.25, -0.2) is 0 Å². The maximum Gasteiger partial charge on any atom is 0.323 e. The smallest absolute Gasteiger partial charge is 0.323 e. The van der Waals surface area contributed by atoms with Gasteiger partial charge < -0.3 is 5.11 Å². The molecule has 1 aromatic carbocycles. The largest absolute Gasteiger partial charge is 0.504 e. The number of alkyl halides is 2. The third-order valence-electron chi connectivity index (χ3n) is 2.82. The molecular formula is C12H10F2O2. The number of ketones is 1. The van der Waals surface area contributed by atoms with E-state index in [9.17, 15) is 18.7 Å². The standard InChI is InChI=1S/C12H10F2O2/c1-7-9(8-5-3-2-4-6-8)12(13,14)11(16)10(7)15/h2-6,9,15H,1H3. The SMILES string of the molecule is CC1=C(O)C(=O)C(F)(F)C1c1ccccc1. The van der Waals surface area contributed by atoms with Crippen LogP contribution >= 0.6 is 0 Å². The second kappa shape index (κ2) is 3.40. The van der Waals surface area contributed by atoms with Gasteiger partial charge in [-0.05, 0) is 18.1 Å². The summed E-state index contributed by atoms with van der Waals surface area (Å²) < 4.78 is 27.3. The van der Waals surface area contributed by atoms with Crippen LogP contribution in [0.15, 0.2) is 41.7 Å². The molecule has 0 saturated carbocycles. The summed E-state index contributed by atoms with van der Waals surface area (Å²) in [4.78, 5) is 11.2. The fraction of sp³-hybridized carbons (Fsp3) is 0.250. The molecule has 0 amide bonds. The Kier molecular flexibility index (Phi) is 2.30. The summed E-state index contributed by atoms with van der Waals surface area (Å²) in [5, 5.41) is 9.28. The molecule has 0 aliphatic heterocycles. The number of carbonyl (C=O) groups is 1. The van der Waals surface area contributed by atoms with Gasteiger partial charge in [-0.3, -0.25) is 4.79 Å². The molecule has 4 heteroatoms. The van der Waals surface area contributed by atoms with E-state index in [1.165, 1.54) is 19.1 Å². The lowest BCUT2D eigenvalue weighted by atomic mass is 9.91. The minimum absolute atomic E-state index is 0.0289. The molecule has 1 unspecified atom stereocenters. The Morgan fingerprint density at radius 1 is 1.25 bits per heavy atom. The van der Waals surface area contributed by atoms with Crippen molar-refractivity contribution in [1.29, 1.82) is 0 Å². The van der Waals surface area contributed by atoms with Crippen LogP contribution in [0.4, 0.5) is 8.78 Å². The topological polar surface area (TPSA) is 37.3 Å². The third-order valence-corrected chi connectivity index (χ3v) is 2.82. The van der Waals surface area contributed by atoms with Crippen LogP contribution in [0, 0.1) is 0 Å². The Hall–Kier alpha value is -1.71. The predicted molar refractivity (Wildman–Crippen MR) is 54.5 cm³/mol. The van der Waals surface area contributed by atoms with Crippen molar-refractivity contribution in [3.05, 3.63) is 47.2 Å². The maximum atomic E-state index is 13.6. The van der Waals surface area contributed by atoms with E-state index in [2.05, 4.69) is 0 Å². The first kappa shape index (κ1) is 10.8. The lowest BCUT2D eigenvalue weighted by Crippen LogP contribution is -2.30. The van der Waals surface area contributed by atoms with E-state index in [4.69, 9.17) is 0 Å². The Morgan fingerprint density at radius 2 is 1.81 bits per heavy atom. The zero-order chi connectivity index (χ0) is 11.9. The normalized spacial score (nSPS) is 23.9. The van der Waals surface area contributed by atoms with E-state index < -0.39 is 23.4 Å². The minimum Gasteiger partial charge on any atom is -0.504 e. The zero-order valence-corrected chi connectivity index (χ0v) is 8.58. The van der Waals surface area contributed by atoms with Crippen LogP contribution in [0.3, 0.4) is 0 Å². The molecule has 0 saturated heterocycles.